The Morgan fingerprint density at radius 3 is 3.05 bits per heavy atom. The maximum atomic E-state index is 5.67. The first-order valence-corrected chi connectivity index (χ1v) is 7.49. The SMILES string of the molecule is CC(C)CNCc1nc(C2CCOc3ccccc32)no1. The van der Waals surface area contributed by atoms with E-state index in [1.165, 1.54) is 0 Å². The van der Waals surface area contributed by atoms with Crippen molar-refractivity contribution < 1.29 is 9.26 Å². The molecule has 0 fully saturated rings. The topological polar surface area (TPSA) is 60.2 Å². The first kappa shape index (κ1) is 14.1. The molecule has 21 heavy (non-hydrogen) atoms. The summed E-state index contributed by atoms with van der Waals surface area (Å²) in [6, 6.07) is 8.07. The second-order valence-corrected chi connectivity index (χ2v) is 5.80. The van der Waals surface area contributed by atoms with Crippen molar-refractivity contribution in [1.29, 1.82) is 0 Å². The van der Waals surface area contributed by atoms with Gasteiger partial charge in [0.2, 0.25) is 5.89 Å². The minimum atomic E-state index is 0.164. The normalized spacial score (nSPS) is 17.6. The van der Waals surface area contributed by atoms with Crippen molar-refractivity contribution in [3.05, 3.63) is 41.5 Å². The maximum Gasteiger partial charge on any atom is 0.240 e. The van der Waals surface area contributed by atoms with E-state index < -0.39 is 0 Å². The van der Waals surface area contributed by atoms with Gasteiger partial charge in [0.05, 0.1) is 19.1 Å². The lowest BCUT2D eigenvalue weighted by Gasteiger charge is -2.23. The number of ether oxygens (including phenoxy) is 1. The third-order valence-electron chi connectivity index (χ3n) is 3.58. The summed E-state index contributed by atoms with van der Waals surface area (Å²) >= 11 is 0. The first-order chi connectivity index (χ1) is 10.2. The van der Waals surface area contributed by atoms with Crippen molar-refractivity contribution in [3.8, 4) is 5.75 Å². The predicted octanol–water partition coefficient (Wildman–Crippen LogP) is 2.73. The molecule has 1 aliphatic rings. The molecule has 5 nitrogen and oxygen atoms in total. The van der Waals surface area contributed by atoms with Gasteiger partial charge in [-0.25, -0.2) is 0 Å². The quantitative estimate of drug-likeness (QED) is 0.916. The molecule has 1 unspecified atom stereocenters. The van der Waals surface area contributed by atoms with E-state index in [2.05, 4.69) is 35.4 Å². The monoisotopic (exact) mass is 287 g/mol. The van der Waals surface area contributed by atoms with E-state index in [1.807, 2.05) is 18.2 Å². The molecule has 0 aliphatic carbocycles. The fourth-order valence-electron chi connectivity index (χ4n) is 2.56. The molecular formula is C16H21N3O2. The number of hydrogen-bond donors (Lipinski definition) is 1. The van der Waals surface area contributed by atoms with Gasteiger partial charge in [0.25, 0.3) is 0 Å². The molecule has 5 heteroatoms. The molecule has 0 spiro atoms. The minimum absolute atomic E-state index is 0.164. The van der Waals surface area contributed by atoms with E-state index in [1.54, 1.807) is 0 Å². The van der Waals surface area contributed by atoms with Crippen LogP contribution >= 0.6 is 0 Å². The summed E-state index contributed by atoms with van der Waals surface area (Å²) in [5.41, 5.74) is 1.14. The van der Waals surface area contributed by atoms with Gasteiger partial charge in [0.15, 0.2) is 5.82 Å². The molecule has 0 bridgehead atoms. The lowest BCUT2D eigenvalue weighted by Crippen LogP contribution is -2.19. The highest BCUT2D eigenvalue weighted by atomic mass is 16.5. The molecule has 0 saturated heterocycles. The van der Waals surface area contributed by atoms with Gasteiger partial charge in [-0.2, -0.15) is 4.98 Å². The number of hydrogen-bond acceptors (Lipinski definition) is 5. The van der Waals surface area contributed by atoms with E-state index in [0.29, 0.717) is 25.0 Å². The van der Waals surface area contributed by atoms with E-state index in [0.717, 1.165) is 30.1 Å². The maximum absolute atomic E-state index is 5.67. The summed E-state index contributed by atoms with van der Waals surface area (Å²) in [5, 5.41) is 7.47. The molecule has 0 amide bonds. The molecule has 1 aliphatic heterocycles. The molecule has 3 rings (SSSR count). The van der Waals surface area contributed by atoms with Gasteiger partial charge in [-0.15, -0.1) is 0 Å². The Morgan fingerprint density at radius 1 is 1.33 bits per heavy atom. The van der Waals surface area contributed by atoms with Crippen LogP contribution in [-0.2, 0) is 6.54 Å². The fraction of sp³-hybridized carbons (Fsp3) is 0.500. The molecule has 1 aromatic carbocycles. The number of benzene rings is 1. The number of rotatable bonds is 5. The Balaban J connectivity index is 1.72. The molecule has 1 aromatic heterocycles. The van der Waals surface area contributed by atoms with E-state index >= 15 is 0 Å². The van der Waals surface area contributed by atoms with Crippen LogP contribution in [0.2, 0.25) is 0 Å². The third-order valence-corrected chi connectivity index (χ3v) is 3.58. The van der Waals surface area contributed by atoms with Crippen LogP contribution in [0.1, 0.15) is 43.5 Å². The van der Waals surface area contributed by atoms with E-state index in [4.69, 9.17) is 9.26 Å². The Hall–Kier alpha value is -1.88. The zero-order valence-corrected chi connectivity index (χ0v) is 12.5. The first-order valence-electron chi connectivity index (χ1n) is 7.49. The third kappa shape index (κ3) is 3.24. The van der Waals surface area contributed by atoms with Crippen molar-refractivity contribution in [2.24, 2.45) is 5.92 Å². The van der Waals surface area contributed by atoms with Crippen LogP contribution in [0, 0.1) is 5.92 Å². The van der Waals surface area contributed by atoms with Gasteiger partial charge in [-0.3, -0.25) is 0 Å². The summed E-state index contributed by atoms with van der Waals surface area (Å²) in [4.78, 5) is 4.53. The average molecular weight is 287 g/mol. The minimum Gasteiger partial charge on any atom is -0.493 e. The van der Waals surface area contributed by atoms with Gasteiger partial charge < -0.3 is 14.6 Å². The van der Waals surface area contributed by atoms with Crippen LogP contribution in [0.15, 0.2) is 28.8 Å². The van der Waals surface area contributed by atoms with Crippen LogP contribution in [0.3, 0.4) is 0 Å². The second kappa shape index (κ2) is 6.26. The summed E-state index contributed by atoms with van der Waals surface area (Å²) in [5.74, 6) is 3.10. The highest BCUT2D eigenvalue weighted by molar-refractivity contribution is 5.40. The van der Waals surface area contributed by atoms with Crippen LogP contribution in [0.25, 0.3) is 0 Å². The number of para-hydroxylation sites is 1. The molecule has 0 saturated carbocycles. The Labute approximate surface area is 124 Å². The van der Waals surface area contributed by atoms with E-state index in [9.17, 15) is 0 Å². The van der Waals surface area contributed by atoms with Crippen molar-refractivity contribution >= 4 is 0 Å². The summed E-state index contributed by atoms with van der Waals surface area (Å²) in [6.07, 6.45) is 0.884. The zero-order chi connectivity index (χ0) is 14.7. The number of nitrogens with one attached hydrogen (secondary N) is 1. The highest BCUT2D eigenvalue weighted by Gasteiger charge is 2.26. The average Bonchev–Trinajstić information content (AvgIpc) is 2.95. The summed E-state index contributed by atoms with van der Waals surface area (Å²) in [6.45, 7) is 6.60. The number of fused-ring (bicyclic) bond motifs is 1. The lowest BCUT2D eigenvalue weighted by molar-refractivity contribution is 0.272. The van der Waals surface area contributed by atoms with Crippen LogP contribution in [-0.4, -0.2) is 23.3 Å². The van der Waals surface area contributed by atoms with Crippen LogP contribution < -0.4 is 10.1 Å². The fourth-order valence-corrected chi connectivity index (χ4v) is 2.56. The van der Waals surface area contributed by atoms with Crippen molar-refractivity contribution in [2.45, 2.75) is 32.7 Å². The van der Waals surface area contributed by atoms with Gasteiger partial charge in [-0.1, -0.05) is 37.2 Å². The summed E-state index contributed by atoms with van der Waals surface area (Å²) < 4.78 is 11.0. The largest absolute Gasteiger partial charge is 0.493 e. The number of aromatic nitrogens is 2. The van der Waals surface area contributed by atoms with E-state index in [-0.39, 0.29) is 5.92 Å². The molecule has 1 N–H and O–H groups in total. The smallest absolute Gasteiger partial charge is 0.240 e. The molecule has 2 aromatic rings. The van der Waals surface area contributed by atoms with Crippen molar-refractivity contribution in [1.82, 2.24) is 15.5 Å². The van der Waals surface area contributed by atoms with Gasteiger partial charge in [-0.05, 0) is 24.9 Å². The number of nitrogens with zero attached hydrogens (tertiary/aromatic N) is 2. The zero-order valence-electron chi connectivity index (χ0n) is 12.5. The Bertz CT molecular complexity index is 595. The molecule has 1 atom stereocenters. The molecule has 2 heterocycles. The molecular weight excluding hydrogens is 266 g/mol. The van der Waals surface area contributed by atoms with Gasteiger partial charge in [0.1, 0.15) is 5.75 Å². The van der Waals surface area contributed by atoms with Crippen LogP contribution in [0.4, 0.5) is 0 Å². The lowest BCUT2D eigenvalue weighted by atomic mass is 9.92. The van der Waals surface area contributed by atoms with Crippen LogP contribution in [0.5, 0.6) is 5.75 Å². The summed E-state index contributed by atoms with van der Waals surface area (Å²) in [7, 11) is 0. The van der Waals surface area contributed by atoms with Crippen molar-refractivity contribution in [3.63, 3.8) is 0 Å². The standard InChI is InChI=1S/C16H21N3O2/c1-11(2)9-17-10-15-18-16(19-21-15)13-7-8-20-14-6-4-3-5-12(13)14/h3-6,11,13,17H,7-10H2,1-2H3. The predicted molar refractivity (Wildman–Crippen MR) is 79.2 cm³/mol. The second-order valence-electron chi connectivity index (χ2n) is 5.80. The molecule has 0 radical (unpaired) electrons. The highest BCUT2D eigenvalue weighted by Crippen LogP contribution is 2.36. The van der Waals surface area contributed by atoms with Gasteiger partial charge >= 0.3 is 0 Å². The molecule has 112 valence electrons. The van der Waals surface area contributed by atoms with Gasteiger partial charge in [0, 0.05) is 5.56 Å². The Morgan fingerprint density at radius 2 is 2.19 bits per heavy atom. The Kier molecular flexibility index (Phi) is 4.20. The van der Waals surface area contributed by atoms with Crippen molar-refractivity contribution in [2.75, 3.05) is 13.2 Å².